The van der Waals surface area contributed by atoms with Gasteiger partial charge in [0.2, 0.25) is 0 Å². The van der Waals surface area contributed by atoms with Crippen LogP contribution in [0.4, 0.5) is 19.0 Å². The van der Waals surface area contributed by atoms with Crippen molar-refractivity contribution in [1.29, 1.82) is 0 Å². The van der Waals surface area contributed by atoms with Crippen LogP contribution in [0.25, 0.3) is 0 Å². The molecule has 2 rings (SSSR count). The molecule has 17 heavy (non-hydrogen) atoms. The molecule has 1 aromatic heterocycles. The van der Waals surface area contributed by atoms with Crippen LogP contribution in [0.3, 0.4) is 0 Å². The van der Waals surface area contributed by atoms with E-state index < -0.39 is 17.5 Å². The van der Waals surface area contributed by atoms with Gasteiger partial charge in [-0.15, -0.1) is 0 Å². The lowest BCUT2D eigenvalue weighted by Gasteiger charge is -2.04. The number of nitrogens with zero attached hydrogens (tertiary/aromatic N) is 2. The molecule has 0 radical (unpaired) electrons. The summed E-state index contributed by atoms with van der Waals surface area (Å²) in [5, 5.41) is 6.90. The number of aromatic nitrogens is 2. The van der Waals surface area contributed by atoms with Crippen molar-refractivity contribution in [3.8, 4) is 0 Å². The Morgan fingerprint density at radius 3 is 2.41 bits per heavy atom. The molecule has 1 aromatic carbocycles. The molecule has 0 aliphatic heterocycles. The SMILES string of the molecule is Cn1ccc(NCc2cc(F)c(F)c(F)c2)n1. The number of hydrogen-bond donors (Lipinski definition) is 1. The summed E-state index contributed by atoms with van der Waals surface area (Å²) in [6.07, 6.45) is 1.73. The van der Waals surface area contributed by atoms with E-state index in [-0.39, 0.29) is 6.54 Å². The van der Waals surface area contributed by atoms with Gasteiger partial charge in [0.15, 0.2) is 17.5 Å². The van der Waals surface area contributed by atoms with E-state index in [9.17, 15) is 13.2 Å². The Labute approximate surface area is 95.9 Å². The van der Waals surface area contributed by atoms with Crippen molar-refractivity contribution in [2.24, 2.45) is 7.05 Å². The number of hydrogen-bond acceptors (Lipinski definition) is 2. The summed E-state index contributed by atoms with van der Waals surface area (Å²) in [6.45, 7) is 0.172. The van der Waals surface area contributed by atoms with Gasteiger partial charge in [-0.25, -0.2) is 13.2 Å². The van der Waals surface area contributed by atoms with Crippen LogP contribution in [0.5, 0.6) is 0 Å². The zero-order valence-electron chi connectivity index (χ0n) is 9.04. The molecule has 90 valence electrons. The molecule has 0 aliphatic carbocycles. The molecule has 1 N–H and O–H groups in total. The lowest BCUT2D eigenvalue weighted by atomic mass is 10.2. The van der Waals surface area contributed by atoms with E-state index in [1.165, 1.54) is 0 Å². The highest BCUT2D eigenvalue weighted by molar-refractivity contribution is 5.34. The predicted octanol–water partition coefficient (Wildman–Crippen LogP) is 2.45. The Kier molecular flexibility index (Phi) is 3.03. The average Bonchev–Trinajstić information content (AvgIpc) is 2.69. The number of anilines is 1. The topological polar surface area (TPSA) is 29.9 Å². The summed E-state index contributed by atoms with van der Waals surface area (Å²) >= 11 is 0. The molecule has 0 saturated heterocycles. The lowest BCUT2D eigenvalue weighted by Crippen LogP contribution is -2.03. The molecule has 0 spiro atoms. The number of nitrogens with one attached hydrogen (secondary N) is 1. The standard InChI is InChI=1S/C11H10F3N3/c1-17-3-2-10(16-17)15-6-7-4-8(12)11(14)9(13)5-7/h2-5H,6H2,1H3,(H,15,16). The van der Waals surface area contributed by atoms with Crippen molar-refractivity contribution in [2.75, 3.05) is 5.32 Å². The van der Waals surface area contributed by atoms with Crippen LogP contribution < -0.4 is 5.32 Å². The maximum Gasteiger partial charge on any atom is 0.194 e. The zero-order valence-corrected chi connectivity index (χ0v) is 9.04. The second kappa shape index (κ2) is 4.48. The van der Waals surface area contributed by atoms with Gasteiger partial charge in [0, 0.05) is 25.9 Å². The van der Waals surface area contributed by atoms with Crippen LogP contribution in [0.15, 0.2) is 24.4 Å². The molecule has 6 heteroatoms. The summed E-state index contributed by atoms with van der Waals surface area (Å²) in [6, 6.07) is 3.62. The first-order valence-corrected chi connectivity index (χ1v) is 4.93. The smallest absolute Gasteiger partial charge is 0.194 e. The van der Waals surface area contributed by atoms with E-state index in [0.717, 1.165) is 12.1 Å². The third kappa shape index (κ3) is 2.58. The number of benzene rings is 1. The van der Waals surface area contributed by atoms with E-state index in [1.807, 2.05) is 0 Å². The predicted molar refractivity (Wildman–Crippen MR) is 56.9 cm³/mol. The van der Waals surface area contributed by atoms with Gasteiger partial charge < -0.3 is 5.32 Å². The minimum Gasteiger partial charge on any atom is -0.365 e. The van der Waals surface area contributed by atoms with E-state index in [0.29, 0.717) is 11.4 Å². The molecule has 2 aromatic rings. The van der Waals surface area contributed by atoms with Crippen molar-refractivity contribution in [1.82, 2.24) is 9.78 Å². The van der Waals surface area contributed by atoms with E-state index in [4.69, 9.17) is 0 Å². The van der Waals surface area contributed by atoms with Crippen molar-refractivity contribution in [2.45, 2.75) is 6.54 Å². The van der Waals surface area contributed by atoms with Crippen LogP contribution in [0.1, 0.15) is 5.56 Å². The van der Waals surface area contributed by atoms with Crippen LogP contribution in [-0.2, 0) is 13.6 Å². The first-order chi connectivity index (χ1) is 8.06. The molecule has 0 fully saturated rings. The molecule has 1 heterocycles. The molecule has 0 atom stereocenters. The fraction of sp³-hybridized carbons (Fsp3) is 0.182. The van der Waals surface area contributed by atoms with Gasteiger partial charge in [-0.2, -0.15) is 5.10 Å². The highest BCUT2D eigenvalue weighted by Gasteiger charge is 2.10. The first-order valence-electron chi connectivity index (χ1n) is 4.93. The van der Waals surface area contributed by atoms with Gasteiger partial charge in [-0.3, -0.25) is 4.68 Å². The molecule has 0 unspecified atom stereocenters. The van der Waals surface area contributed by atoms with Crippen LogP contribution in [0, 0.1) is 17.5 Å². The van der Waals surface area contributed by atoms with Crippen LogP contribution >= 0.6 is 0 Å². The zero-order chi connectivity index (χ0) is 12.4. The molecule has 0 aliphatic rings. The summed E-state index contributed by atoms with van der Waals surface area (Å²) in [7, 11) is 1.75. The fourth-order valence-electron chi connectivity index (χ4n) is 1.41. The monoisotopic (exact) mass is 241 g/mol. The number of aryl methyl sites for hydroxylation is 1. The number of rotatable bonds is 3. The van der Waals surface area contributed by atoms with Crippen LogP contribution in [-0.4, -0.2) is 9.78 Å². The second-order valence-electron chi connectivity index (χ2n) is 3.60. The average molecular weight is 241 g/mol. The van der Waals surface area contributed by atoms with Crippen molar-refractivity contribution < 1.29 is 13.2 Å². The quantitative estimate of drug-likeness (QED) is 0.836. The molecule has 0 saturated carbocycles. The largest absolute Gasteiger partial charge is 0.365 e. The molecule has 0 amide bonds. The summed E-state index contributed by atoms with van der Waals surface area (Å²) in [5.74, 6) is -3.25. The first kappa shape index (κ1) is 11.5. The highest BCUT2D eigenvalue weighted by Crippen LogP contribution is 2.14. The Morgan fingerprint density at radius 2 is 1.88 bits per heavy atom. The fourth-order valence-corrected chi connectivity index (χ4v) is 1.41. The van der Waals surface area contributed by atoms with Gasteiger partial charge >= 0.3 is 0 Å². The van der Waals surface area contributed by atoms with E-state index in [1.54, 1.807) is 24.0 Å². The molecule has 0 bridgehead atoms. The van der Waals surface area contributed by atoms with Crippen LogP contribution in [0.2, 0.25) is 0 Å². The number of halogens is 3. The van der Waals surface area contributed by atoms with Crippen molar-refractivity contribution in [3.05, 3.63) is 47.4 Å². The normalized spacial score (nSPS) is 10.6. The van der Waals surface area contributed by atoms with Gasteiger partial charge in [0.1, 0.15) is 5.82 Å². The van der Waals surface area contributed by atoms with E-state index in [2.05, 4.69) is 10.4 Å². The van der Waals surface area contributed by atoms with Crippen molar-refractivity contribution >= 4 is 5.82 Å². The maximum atomic E-state index is 12.9. The molecule has 3 nitrogen and oxygen atoms in total. The molecular weight excluding hydrogens is 231 g/mol. The second-order valence-corrected chi connectivity index (χ2v) is 3.60. The highest BCUT2D eigenvalue weighted by atomic mass is 19.2. The Morgan fingerprint density at radius 1 is 1.24 bits per heavy atom. The summed E-state index contributed by atoms with van der Waals surface area (Å²) in [5.41, 5.74) is 0.312. The molecular formula is C11H10F3N3. The minimum atomic E-state index is -1.45. The van der Waals surface area contributed by atoms with Gasteiger partial charge in [-0.05, 0) is 17.7 Å². The Bertz CT molecular complexity index is 514. The lowest BCUT2D eigenvalue weighted by molar-refractivity contribution is 0.445. The van der Waals surface area contributed by atoms with E-state index >= 15 is 0 Å². The Hall–Kier alpha value is -1.98. The van der Waals surface area contributed by atoms with Gasteiger partial charge in [-0.1, -0.05) is 0 Å². The maximum absolute atomic E-state index is 12.9. The minimum absolute atomic E-state index is 0.172. The van der Waals surface area contributed by atoms with Crippen molar-refractivity contribution in [3.63, 3.8) is 0 Å². The third-order valence-corrected chi connectivity index (χ3v) is 2.23. The van der Waals surface area contributed by atoms with Gasteiger partial charge in [0.25, 0.3) is 0 Å². The summed E-state index contributed by atoms with van der Waals surface area (Å²) < 4.78 is 40.1. The van der Waals surface area contributed by atoms with Gasteiger partial charge in [0.05, 0.1) is 0 Å². The third-order valence-electron chi connectivity index (χ3n) is 2.23. The summed E-state index contributed by atoms with van der Waals surface area (Å²) in [4.78, 5) is 0. The Balaban J connectivity index is 2.09.